The van der Waals surface area contributed by atoms with E-state index in [-0.39, 0.29) is 28.1 Å². The van der Waals surface area contributed by atoms with Crippen LogP contribution in [0.4, 0.5) is 5.69 Å². The minimum atomic E-state index is -1.37. The van der Waals surface area contributed by atoms with Gasteiger partial charge in [0.2, 0.25) is 0 Å². The first-order valence-electron chi connectivity index (χ1n) is 8.38. The van der Waals surface area contributed by atoms with Crippen LogP contribution >= 0.6 is 23.2 Å². The highest BCUT2D eigenvalue weighted by Gasteiger charge is 2.20. The summed E-state index contributed by atoms with van der Waals surface area (Å²) in [6, 6.07) is 12.2. The maximum Gasteiger partial charge on any atom is 0.337 e. The van der Waals surface area contributed by atoms with Gasteiger partial charge in [0.15, 0.2) is 0 Å². The fourth-order valence-electron chi connectivity index (χ4n) is 2.82. The summed E-state index contributed by atoms with van der Waals surface area (Å²) in [5.74, 6) is -3.89. The van der Waals surface area contributed by atoms with Crippen molar-refractivity contribution < 1.29 is 29.7 Å². The zero-order valence-corrected chi connectivity index (χ0v) is 16.5. The molecule has 30 heavy (non-hydrogen) atoms. The number of hydrogen-bond donors (Lipinski definition) is 4. The van der Waals surface area contributed by atoms with E-state index in [1.165, 1.54) is 24.3 Å². The van der Waals surface area contributed by atoms with E-state index in [0.717, 1.165) is 18.2 Å². The van der Waals surface area contributed by atoms with Crippen LogP contribution in [0.2, 0.25) is 10.0 Å². The largest absolute Gasteiger partial charge is 0.508 e. The summed E-state index contributed by atoms with van der Waals surface area (Å²) in [5, 5.41) is 31.5. The number of aromatic carboxylic acids is 2. The van der Waals surface area contributed by atoms with Gasteiger partial charge < -0.3 is 20.6 Å². The monoisotopic (exact) mass is 445 g/mol. The number of benzene rings is 3. The molecule has 1 amide bonds. The van der Waals surface area contributed by atoms with E-state index in [4.69, 9.17) is 23.2 Å². The standard InChI is InChI=1S/C21H13Cl2NO6/c22-11-2-5-13(17(23)8-11)10-1-4-15(21(29)30)18(7-10)24-19(26)16-9-12(25)3-6-14(16)20(27)28/h1-9,25H,(H,24,26)(H,27,28)(H,29,30). The lowest BCUT2D eigenvalue weighted by Gasteiger charge is -2.13. The Hall–Kier alpha value is -3.55. The lowest BCUT2D eigenvalue weighted by atomic mass is 10.0. The van der Waals surface area contributed by atoms with Gasteiger partial charge in [0.05, 0.1) is 22.4 Å². The lowest BCUT2D eigenvalue weighted by Crippen LogP contribution is -2.18. The van der Waals surface area contributed by atoms with Crippen LogP contribution in [-0.2, 0) is 0 Å². The van der Waals surface area contributed by atoms with Crippen molar-refractivity contribution in [2.24, 2.45) is 0 Å². The molecule has 0 unspecified atom stereocenters. The molecule has 3 aromatic carbocycles. The fourth-order valence-corrected chi connectivity index (χ4v) is 3.34. The average molecular weight is 446 g/mol. The lowest BCUT2D eigenvalue weighted by molar-refractivity contribution is 0.0684. The second-order valence-corrected chi connectivity index (χ2v) is 7.02. The smallest absolute Gasteiger partial charge is 0.337 e. The maximum atomic E-state index is 12.7. The number of anilines is 1. The Morgan fingerprint density at radius 2 is 1.43 bits per heavy atom. The molecule has 0 bridgehead atoms. The first-order chi connectivity index (χ1) is 14.2. The molecule has 152 valence electrons. The zero-order valence-electron chi connectivity index (χ0n) is 15.0. The van der Waals surface area contributed by atoms with Crippen LogP contribution in [0.5, 0.6) is 5.75 Å². The highest BCUT2D eigenvalue weighted by atomic mass is 35.5. The van der Waals surface area contributed by atoms with E-state index in [1.807, 2.05) is 0 Å². The van der Waals surface area contributed by atoms with E-state index in [1.54, 1.807) is 12.1 Å². The van der Waals surface area contributed by atoms with E-state index in [0.29, 0.717) is 21.2 Å². The molecule has 0 atom stereocenters. The van der Waals surface area contributed by atoms with Crippen LogP contribution < -0.4 is 5.32 Å². The van der Waals surface area contributed by atoms with Gasteiger partial charge in [0, 0.05) is 15.6 Å². The first-order valence-corrected chi connectivity index (χ1v) is 9.13. The summed E-state index contributed by atoms with van der Waals surface area (Å²) in [7, 11) is 0. The van der Waals surface area contributed by atoms with Crippen LogP contribution in [0.1, 0.15) is 31.1 Å². The molecule has 4 N–H and O–H groups in total. The van der Waals surface area contributed by atoms with E-state index < -0.39 is 17.8 Å². The SMILES string of the molecule is O=C(O)c1ccc(-c2ccc(Cl)cc2Cl)cc1NC(=O)c1cc(O)ccc1C(=O)O. The van der Waals surface area contributed by atoms with E-state index >= 15 is 0 Å². The molecule has 0 heterocycles. The van der Waals surface area contributed by atoms with Gasteiger partial charge in [0.25, 0.3) is 5.91 Å². The molecule has 0 saturated heterocycles. The number of carbonyl (C=O) groups is 3. The van der Waals surface area contributed by atoms with E-state index in [2.05, 4.69) is 5.32 Å². The van der Waals surface area contributed by atoms with Gasteiger partial charge in [-0.1, -0.05) is 35.3 Å². The predicted octanol–water partition coefficient (Wildman–Crippen LogP) is 5.01. The Kier molecular flexibility index (Phi) is 5.96. The van der Waals surface area contributed by atoms with Gasteiger partial charge >= 0.3 is 11.9 Å². The first kappa shape index (κ1) is 21.2. The number of phenolic OH excluding ortho intramolecular Hbond substituents is 1. The van der Waals surface area contributed by atoms with Crippen LogP contribution in [0.25, 0.3) is 11.1 Å². The fraction of sp³-hybridized carbons (Fsp3) is 0. The van der Waals surface area contributed by atoms with Crippen molar-refractivity contribution in [3.8, 4) is 16.9 Å². The third kappa shape index (κ3) is 4.37. The van der Waals surface area contributed by atoms with Crippen molar-refractivity contribution in [1.82, 2.24) is 0 Å². The number of amides is 1. The highest BCUT2D eigenvalue weighted by molar-refractivity contribution is 6.36. The summed E-state index contributed by atoms with van der Waals surface area (Å²) in [5.41, 5.74) is 0.0983. The van der Waals surface area contributed by atoms with Crippen LogP contribution in [0, 0.1) is 0 Å². The van der Waals surface area contributed by atoms with E-state index in [9.17, 15) is 29.7 Å². The molecule has 0 spiro atoms. The molecular weight excluding hydrogens is 433 g/mol. The molecule has 0 aliphatic rings. The van der Waals surface area contributed by atoms with Crippen molar-refractivity contribution in [1.29, 1.82) is 0 Å². The predicted molar refractivity (Wildman–Crippen MR) is 112 cm³/mol. The Bertz CT molecular complexity index is 1190. The van der Waals surface area contributed by atoms with Gasteiger partial charge in [-0.05, 0) is 48.0 Å². The Balaban J connectivity index is 2.07. The van der Waals surface area contributed by atoms with Crippen LogP contribution in [-0.4, -0.2) is 33.2 Å². The van der Waals surface area contributed by atoms with Gasteiger partial charge in [-0.2, -0.15) is 0 Å². The summed E-state index contributed by atoms with van der Waals surface area (Å²) in [6.07, 6.45) is 0. The molecule has 0 fully saturated rings. The van der Waals surface area contributed by atoms with Crippen LogP contribution in [0.3, 0.4) is 0 Å². The molecule has 7 nitrogen and oxygen atoms in total. The zero-order chi connectivity index (χ0) is 22.0. The minimum absolute atomic E-state index is 0.0734. The number of halogens is 2. The summed E-state index contributed by atoms with van der Waals surface area (Å²) >= 11 is 12.1. The number of phenols is 1. The summed E-state index contributed by atoms with van der Waals surface area (Å²) in [4.78, 5) is 35.7. The number of hydrogen-bond acceptors (Lipinski definition) is 4. The second-order valence-electron chi connectivity index (χ2n) is 6.18. The number of rotatable bonds is 5. The molecular formula is C21H13Cl2NO6. The van der Waals surface area contributed by atoms with Crippen molar-refractivity contribution in [2.45, 2.75) is 0 Å². The Morgan fingerprint density at radius 1 is 0.767 bits per heavy atom. The van der Waals surface area contributed by atoms with Crippen molar-refractivity contribution in [3.63, 3.8) is 0 Å². The number of nitrogens with one attached hydrogen (secondary N) is 1. The van der Waals surface area contributed by atoms with Gasteiger partial charge in [-0.15, -0.1) is 0 Å². The molecule has 0 radical (unpaired) electrons. The van der Waals surface area contributed by atoms with Gasteiger partial charge in [-0.25, -0.2) is 9.59 Å². The molecule has 9 heteroatoms. The third-order valence-corrected chi connectivity index (χ3v) is 4.77. The van der Waals surface area contributed by atoms with Crippen molar-refractivity contribution in [2.75, 3.05) is 5.32 Å². The minimum Gasteiger partial charge on any atom is -0.508 e. The quantitative estimate of drug-likeness (QED) is 0.437. The number of carbonyl (C=O) groups excluding carboxylic acids is 1. The summed E-state index contributed by atoms with van der Waals surface area (Å²) < 4.78 is 0. The number of aromatic hydroxyl groups is 1. The number of carboxylic acids is 2. The molecule has 0 saturated carbocycles. The Morgan fingerprint density at radius 3 is 2.07 bits per heavy atom. The molecule has 3 aromatic rings. The summed E-state index contributed by atoms with van der Waals surface area (Å²) in [6.45, 7) is 0. The molecule has 0 aliphatic heterocycles. The van der Waals surface area contributed by atoms with Gasteiger partial charge in [-0.3, -0.25) is 4.79 Å². The normalized spacial score (nSPS) is 10.5. The van der Waals surface area contributed by atoms with Gasteiger partial charge in [0.1, 0.15) is 5.75 Å². The molecule has 0 aliphatic carbocycles. The van der Waals surface area contributed by atoms with Crippen molar-refractivity contribution >= 4 is 46.7 Å². The van der Waals surface area contributed by atoms with Crippen molar-refractivity contribution in [3.05, 3.63) is 81.3 Å². The highest BCUT2D eigenvalue weighted by Crippen LogP contribution is 2.33. The van der Waals surface area contributed by atoms with Crippen LogP contribution in [0.15, 0.2) is 54.6 Å². The molecule has 0 aromatic heterocycles. The number of carboxylic acid groups (broad SMARTS) is 2. The maximum absolute atomic E-state index is 12.7. The Labute approximate surface area is 180 Å². The molecule has 3 rings (SSSR count). The third-order valence-electron chi connectivity index (χ3n) is 4.22. The average Bonchev–Trinajstić information content (AvgIpc) is 2.67. The second kappa shape index (κ2) is 8.44. The topological polar surface area (TPSA) is 124 Å².